The van der Waals surface area contributed by atoms with E-state index in [9.17, 15) is 0 Å². The molecule has 0 heterocycles. The summed E-state index contributed by atoms with van der Waals surface area (Å²) in [5.41, 5.74) is 2.22. The van der Waals surface area contributed by atoms with Crippen LogP contribution in [-0.4, -0.2) is 6.61 Å². The highest BCUT2D eigenvalue weighted by atomic mass is 32.2. The third-order valence-electron chi connectivity index (χ3n) is 11.3. The molecule has 0 amide bonds. The largest absolute Gasteiger partial charge is 0.490 e. The van der Waals surface area contributed by atoms with Crippen molar-refractivity contribution in [2.45, 2.75) is 44.1 Å². The van der Waals surface area contributed by atoms with Gasteiger partial charge in [0.15, 0.2) is 44.1 Å². The molecule has 0 N–H and O–H groups in total. The minimum atomic E-state index is -0.324. The van der Waals surface area contributed by atoms with Gasteiger partial charge in [-0.1, -0.05) is 127 Å². The van der Waals surface area contributed by atoms with Gasteiger partial charge < -0.3 is 9.47 Å². The van der Waals surface area contributed by atoms with Crippen molar-refractivity contribution in [3.8, 4) is 11.5 Å². The van der Waals surface area contributed by atoms with Gasteiger partial charge in [-0.3, -0.25) is 0 Å². The number of benzene rings is 10. The lowest BCUT2D eigenvalue weighted by molar-refractivity contribution is 0.363. The Morgan fingerprint density at radius 3 is 1.21 bits per heavy atom. The molecule has 0 aliphatic heterocycles. The number of ether oxygens (including phenoxy) is 2. The second kappa shape index (κ2) is 21.9. The zero-order valence-electron chi connectivity index (χ0n) is 37.4. The first kappa shape index (κ1) is 44.4. The number of rotatable bonds is 16. The minimum absolute atomic E-state index is 0.191. The van der Waals surface area contributed by atoms with Crippen molar-refractivity contribution < 1.29 is 9.47 Å². The van der Waals surface area contributed by atoms with Crippen LogP contribution < -0.4 is 9.47 Å². The fourth-order valence-corrected chi connectivity index (χ4v) is 14.5. The predicted octanol–water partition coefficient (Wildman–Crippen LogP) is 16.3. The van der Waals surface area contributed by atoms with Gasteiger partial charge in [0.1, 0.15) is 18.1 Å². The Kier molecular flexibility index (Phi) is 14.3. The number of hydrogen-bond donors (Lipinski definition) is 0. The molecule has 328 valence electrons. The zero-order chi connectivity index (χ0) is 45.7. The van der Waals surface area contributed by atoms with Gasteiger partial charge in [-0.2, -0.15) is 0 Å². The minimum Gasteiger partial charge on any atom is -0.490 e. The molecule has 10 rings (SSSR count). The van der Waals surface area contributed by atoms with E-state index < -0.39 is 0 Å². The Bertz CT molecular complexity index is 3210. The molecule has 2 atom stereocenters. The first-order valence-corrected chi connectivity index (χ1v) is 26.3. The van der Waals surface area contributed by atoms with Crippen LogP contribution >= 0.6 is 0 Å². The van der Waals surface area contributed by atoms with E-state index in [1.165, 1.54) is 54.8 Å². The van der Waals surface area contributed by atoms with E-state index in [4.69, 9.17) is 9.47 Å². The van der Waals surface area contributed by atoms with E-state index in [1.54, 1.807) is 6.26 Å². The molecule has 10 aromatic rings. The third kappa shape index (κ3) is 10.9. The summed E-state index contributed by atoms with van der Waals surface area (Å²) in [5, 5.41) is 2.50. The van der Waals surface area contributed by atoms with Crippen LogP contribution in [0.2, 0.25) is 0 Å². The van der Waals surface area contributed by atoms with E-state index in [1.807, 2.05) is 6.08 Å². The quantitative estimate of drug-likeness (QED) is 0.0710. The van der Waals surface area contributed by atoms with Crippen molar-refractivity contribution in [3.05, 3.63) is 284 Å². The lowest BCUT2D eigenvalue weighted by Crippen LogP contribution is -2.05. The highest BCUT2D eigenvalue weighted by molar-refractivity contribution is 7.97. The van der Waals surface area contributed by atoms with E-state index in [0.29, 0.717) is 6.61 Å². The summed E-state index contributed by atoms with van der Waals surface area (Å²) in [6.45, 7) is 0.471. The third-order valence-corrected chi connectivity index (χ3v) is 17.9. The van der Waals surface area contributed by atoms with Gasteiger partial charge in [0.05, 0.1) is 38.9 Å². The summed E-state index contributed by atoms with van der Waals surface area (Å²) in [5.74, 6) is 1.64. The van der Waals surface area contributed by atoms with Crippen LogP contribution in [0.4, 0.5) is 0 Å². The molecule has 5 heteroatoms. The van der Waals surface area contributed by atoms with Crippen LogP contribution in [0.5, 0.6) is 11.5 Å². The maximum atomic E-state index is 6.24. The van der Waals surface area contributed by atoms with Gasteiger partial charge in [-0.15, -0.1) is 0 Å². The molecule has 0 radical (unpaired) electrons. The summed E-state index contributed by atoms with van der Waals surface area (Å²) >= 11 is 0. The van der Waals surface area contributed by atoms with Crippen molar-refractivity contribution >= 4 is 55.6 Å². The predicted molar refractivity (Wildman–Crippen MR) is 286 cm³/mol. The Morgan fingerprint density at radius 1 is 0.294 bits per heavy atom. The summed E-state index contributed by atoms with van der Waals surface area (Å²) < 4.78 is 12.5. The SMILES string of the molecule is C(=C/c1cccc([S+](c2ccccc2)c2ccc(O/C=C/c3cccc([S+](c4ccccc4)c4ccc5ccccc5c4)c3)cc2)c1)/COc1ccc([S+](c2ccccc2)c2ccccc2)cc1. The molecular weight excluding hydrogens is 885 g/mol. The van der Waals surface area contributed by atoms with Crippen LogP contribution in [0.3, 0.4) is 0 Å². The average Bonchev–Trinajstić information content (AvgIpc) is 3.40. The second-order valence-corrected chi connectivity index (χ2v) is 22.0. The maximum absolute atomic E-state index is 6.24. The van der Waals surface area contributed by atoms with Crippen molar-refractivity contribution in [3.63, 3.8) is 0 Å². The Labute approximate surface area is 409 Å². The molecule has 0 aliphatic rings. The molecule has 0 aliphatic carbocycles. The number of fused-ring (bicyclic) bond motifs is 1. The van der Waals surface area contributed by atoms with Crippen LogP contribution in [0.15, 0.2) is 317 Å². The van der Waals surface area contributed by atoms with Gasteiger partial charge in [-0.05, 0) is 155 Å². The van der Waals surface area contributed by atoms with E-state index in [0.717, 1.165) is 22.6 Å². The molecule has 68 heavy (non-hydrogen) atoms. The average molecular weight is 934 g/mol. The fraction of sp³-hybridized carbons (Fsp3) is 0.0159. The van der Waals surface area contributed by atoms with Crippen LogP contribution in [0.25, 0.3) is 22.9 Å². The summed E-state index contributed by atoms with van der Waals surface area (Å²) in [7, 11) is -0.783. The fourth-order valence-electron chi connectivity index (χ4n) is 8.08. The first-order chi connectivity index (χ1) is 33.7. The molecule has 0 fully saturated rings. The smallest absolute Gasteiger partial charge is 0.167 e. The maximum Gasteiger partial charge on any atom is 0.167 e. The van der Waals surface area contributed by atoms with Gasteiger partial charge in [-0.25, -0.2) is 0 Å². The highest BCUT2D eigenvalue weighted by Gasteiger charge is 2.31. The van der Waals surface area contributed by atoms with E-state index >= 15 is 0 Å². The second-order valence-electron chi connectivity index (χ2n) is 15.9. The molecule has 2 nitrogen and oxygen atoms in total. The normalized spacial score (nSPS) is 12.4. The summed E-state index contributed by atoms with van der Waals surface area (Å²) in [6, 6.07) is 93.1. The van der Waals surface area contributed by atoms with E-state index in [-0.39, 0.29) is 32.7 Å². The standard InChI is InChI=1S/C63H49O2S3/c1-5-23-55(24-6-1)66(56-25-7-2-8-26-56)59-39-34-53(35-40-59)64-44-17-20-49-18-15-31-61(46-49)67(57-27-9-3-10-28-57)60-41-36-54(37-42-60)65-45-43-50-19-16-32-62(47-50)68(58-29-11-4-12-30-58)63-38-33-51-21-13-14-22-52(51)48-63/h1-43,45-48H,44H2/q+3/b20-17-,45-43+. The van der Waals surface area contributed by atoms with Crippen LogP contribution in [0.1, 0.15) is 11.1 Å². The molecule has 2 unspecified atom stereocenters. The van der Waals surface area contributed by atoms with Crippen molar-refractivity contribution in [1.29, 1.82) is 0 Å². The van der Waals surface area contributed by atoms with Crippen molar-refractivity contribution in [2.75, 3.05) is 6.61 Å². The van der Waals surface area contributed by atoms with Gasteiger partial charge in [0.2, 0.25) is 0 Å². The highest BCUT2D eigenvalue weighted by Crippen LogP contribution is 2.36. The molecule has 10 aromatic carbocycles. The monoisotopic (exact) mass is 933 g/mol. The van der Waals surface area contributed by atoms with Crippen molar-refractivity contribution in [1.82, 2.24) is 0 Å². The van der Waals surface area contributed by atoms with Gasteiger partial charge in [0, 0.05) is 18.2 Å². The topological polar surface area (TPSA) is 18.5 Å². The van der Waals surface area contributed by atoms with Crippen LogP contribution in [0, 0.1) is 0 Å². The first-order valence-electron chi connectivity index (χ1n) is 22.7. The molecule has 0 aromatic heterocycles. The molecule has 0 spiro atoms. The Morgan fingerprint density at radius 2 is 0.676 bits per heavy atom. The lowest BCUT2D eigenvalue weighted by Gasteiger charge is -2.10. The molecule has 0 saturated carbocycles. The van der Waals surface area contributed by atoms with Crippen molar-refractivity contribution in [2.24, 2.45) is 0 Å². The van der Waals surface area contributed by atoms with Crippen LogP contribution in [-0.2, 0) is 32.7 Å². The Hall–Kier alpha value is -7.41. The zero-order valence-corrected chi connectivity index (χ0v) is 39.8. The number of hydrogen-bond acceptors (Lipinski definition) is 2. The molecule has 0 saturated heterocycles. The lowest BCUT2D eigenvalue weighted by atomic mass is 10.1. The Balaban J connectivity index is 0.810. The van der Waals surface area contributed by atoms with Gasteiger partial charge >= 0.3 is 0 Å². The molecule has 0 bridgehead atoms. The summed E-state index contributed by atoms with van der Waals surface area (Å²) in [4.78, 5) is 11.4. The summed E-state index contributed by atoms with van der Waals surface area (Å²) in [6.07, 6.45) is 8.09. The van der Waals surface area contributed by atoms with Gasteiger partial charge in [0.25, 0.3) is 0 Å². The molecular formula is C63H49O2S3+3. The van der Waals surface area contributed by atoms with E-state index in [2.05, 4.69) is 273 Å².